The number of nitrogens with zero attached hydrogens (tertiary/aromatic N) is 2. The molecule has 10 heteroatoms. The molecule has 0 spiro atoms. The molecule has 3 N–H and O–H groups in total. The summed E-state index contributed by atoms with van der Waals surface area (Å²) >= 11 is 1.55. The second-order valence-corrected chi connectivity index (χ2v) is 8.66. The van der Waals surface area contributed by atoms with Crippen LogP contribution in [0.15, 0.2) is 35.5 Å². The first-order valence-electron chi connectivity index (χ1n) is 7.97. The van der Waals surface area contributed by atoms with Gasteiger partial charge in [-0.15, -0.1) is 11.3 Å². The lowest BCUT2D eigenvalue weighted by Crippen LogP contribution is -2.28. The van der Waals surface area contributed by atoms with Crippen LogP contribution in [0.1, 0.15) is 16.0 Å². The summed E-state index contributed by atoms with van der Waals surface area (Å²) in [7, 11) is -3.73. The normalized spacial score (nSPS) is 11.5. The van der Waals surface area contributed by atoms with Crippen LogP contribution in [-0.2, 0) is 21.4 Å². The highest BCUT2D eigenvalue weighted by atomic mass is 32.2. The number of hydrogen-bond acceptors (Lipinski definition) is 7. The summed E-state index contributed by atoms with van der Waals surface area (Å²) in [4.78, 5) is 22.4. The number of benzene rings is 1. The molecule has 0 radical (unpaired) electrons. The van der Waals surface area contributed by atoms with Crippen LogP contribution < -0.4 is 15.2 Å². The Kier molecular flexibility index (Phi) is 5.40. The first-order valence-corrected chi connectivity index (χ1v) is 10.3. The monoisotopic (exact) mass is 406 g/mol. The van der Waals surface area contributed by atoms with Crippen molar-refractivity contribution in [2.45, 2.75) is 25.3 Å². The van der Waals surface area contributed by atoms with Gasteiger partial charge in [0.2, 0.25) is 15.9 Å². The minimum absolute atomic E-state index is 0.0233. The number of aromatic nitrogens is 2. The zero-order valence-electron chi connectivity index (χ0n) is 14.7. The molecule has 2 aromatic heterocycles. The van der Waals surface area contributed by atoms with Gasteiger partial charge in [0.05, 0.1) is 10.3 Å². The Hall–Kier alpha value is -2.56. The highest BCUT2D eigenvalue weighted by molar-refractivity contribution is 7.89. The van der Waals surface area contributed by atoms with Crippen molar-refractivity contribution in [3.05, 3.63) is 46.6 Å². The third-order valence-electron chi connectivity index (χ3n) is 4.01. The molecular weight excluding hydrogens is 388 g/mol. The number of thiophene rings is 1. The lowest BCUT2D eigenvalue weighted by Gasteiger charge is -2.08. The van der Waals surface area contributed by atoms with Crippen molar-refractivity contribution >= 4 is 37.5 Å². The Morgan fingerprint density at radius 1 is 1.22 bits per heavy atom. The topological polar surface area (TPSA) is 124 Å². The first-order chi connectivity index (χ1) is 12.8. The van der Waals surface area contributed by atoms with Crippen molar-refractivity contribution in [1.82, 2.24) is 15.3 Å². The lowest BCUT2D eigenvalue weighted by molar-refractivity contribution is -0.123. The summed E-state index contributed by atoms with van der Waals surface area (Å²) in [5.74, 6) is 0.0661. The van der Waals surface area contributed by atoms with Crippen molar-refractivity contribution in [2.75, 3.05) is 6.61 Å². The lowest BCUT2D eigenvalue weighted by atomic mass is 10.2. The molecule has 3 rings (SSSR count). The van der Waals surface area contributed by atoms with Crippen molar-refractivity contribution in [3.8, 4) is 5.88 Å². The van der Waals surface area contributed by atoms with Gasteiger partial charge in [0, 0.05) is 11.4 Å². The number of primary sulfonamides is 1. The van der Waals surface area contributed by atoms with E-state index in [4.69, 9.17) is 9.88 Å². The molecule has 8 nitrogen and oxygen atoms in total. The quantitative estimate of drug-likeness (QED) is 0.641. The second kappa shape index (κ2) is 7.59. The van der Waals surface area contributed by atoms with Gasteiger partial charge >= 0.3 is 0 Å². The van der Waals surface area contributed by atoms with E-state index in [9.17, 15) is 13.2 Å². The van der Waals surface area contributed by atoms with Gasteiger partial charge in [-0.1, -0.05) is 12.1 Å². The van der Waals surface area contributed by atoms with Crippen LogP contribution in [0, 0.1) is 13.8 Å². The number of nitrogens with two attached hydrogens (primary N) is 1. The van der Waals surface area contributed by atoms with Crippen LogP contribution in [0.5, 0.6) is 5.88 Å². The van der Waals surface area contributed by atoms with Crippen LogP contribution in [0.3, 0.4) is 0 Å². The Morgan fingerprint density at radius 2 is 1.93 bits per heavy atom. The molecule has 0 aliphatic carbocycles. The molecule has 0 aliphatic heterocycles. The molecule has 0 aliphatic rings. The zero-order valence-corrected chi connectivity index (χ0v) is 16.4. The molecule has 0 unspecified atom stereocenters. The number of sulfonamides is 1. The van der Waals surface area contributed by atoms with Crippen LogP contribution in [-0.4, -0.2) is 30.9 Å². The smallest absolute Gasteiger partial charge is 0.258 e. The van der Waals surface area contributed by atoms with Crippen molar-refractivity contribution < 1.29 is 17.9 Å². The molecule has 27 heavy (non-hydrogen) atoms. The van der Waals surface area contributed by atoms with Gasteiger partial charge in [-0.3, -0.25) is 4.79 Å². The largest absolute Gasteiger partial charge is 0.467 e. The van der Waals surface area contributed by atoms with E-state index in [0.29, 0.717) is 5.88 Å². The summed E-state index contributed by atoms with van der Waals surface area (Å²) in [5.41, 5.74) is 1.78. The number of fused-ring (bicyclic) bond motifs is 1. The predicted molar refractivity (Wildman–Crippen MR) is 102 cm³/mol. The summed E-state index contributed by atoms with van der Waals surface area (Å²) in [6.07, 6.45) is 1.41. The van der Waals surface area contributed by atoms with Crippen LogP contribution >= 0.6 is 11.3 Å². The second-order valence-electron chi connectivity index (χ2n) is 5.90. The number of rotatable bonds is 6. The molecule has 2 heterocycles. The summed E-state index contributed by atoms with van der Waals surface area (Å²) < 4.78 is 28.0. The molecule has 0 fully saturated rings. The molecule has 1 aromatic carbocycles. The first kappa shape index (κ1) is 19.2. The van der Waals surface area contributed by atoms with Gasteiger partial charge < -0.3 is 10.1 Å². The van der Waals surface area contributed by atoms with Gasteiger partial charge in [0.25, 0.3) is 5.91 Å². The highest BCUT2D eigenvalue weighted by Gasteiger charge is 2.14. The number of ether oxygens (including phenoxy) is 1. The van der Waals surface area contributed by atoms with Gasteiger partial charge in [-0.2, -0.15) is 0 Å². The van der Waals surface area contributed by atoms with Crippen molar-refractivity contribution in [1.29, 1.82) is 0 Å². The summed E-state index contributed by atoms with van der Waals surface area (Å²) in [6.45, 7) is 4.02. The fraction of sp³-hybridized carbons (Fsp3) is 0.235. The molecule has 0 bridgehead atoms. The van der Waals surface area contributed by atoms with Crippen LogP contribution in [0.25, 0.3) is 10.2 Å². The number of carbonyl (C=O) groups excluding carboxylic acids is 1. The Balaban J connectivity index is 1.59. The number of carbonyl (C=O) groups is 1. The number of amides is 1. The Bertz CT molecular complexity index is 1090. The average molecular weight is 406 g/mol. The Morgan fingerprint density at radius 3 is 2.59 bits per heavy atom. The third kappa shape index (κ3) is 4.41. The molecule has 0 saturated carbocycles. The van der Waals surface area contributed by atoms with E-state index in [1.165, 1.54) is 18.5 Å². The maximum absolute atomic E-state index is 12.0. The van der Waals surface area contributed by atoms with Gasteiger partial charge in [0.15, 0.2) is 6.61 Å². The number of nitrogens with one attached hydrogen (secondary N) is 1. The zero-order chi connectivity index (χ0) is 19.6. The molecule has 0 saturated heterocycles. The molecule has 0 atom stereocenters. The summed E-state index contributed by atoms with van der Waals surface area (Å²) in [6, 6.07) is 5.97. The third-order valence-corrected chi connectivity index (χ3v) is 6.06. The van der Waals surface area contributed by atoms with E-state index in [1.54, 1.807) is 23.5 Å². The van der Waals surface area contributed by atoms with E-state index in [1.807, 2.05) is 13.8 Å². The van der Waals surface area contributed by atoms with Gasteiger partial charge in [-0.25, -0.2) is 23.5 Å². The average Bonchev–Trinajstić information content (AvgIpc) is 2.92. The highest BCUT2D eigenvalue weighted by Crippen LogP contribution is 2.33. The van der Waals surface area contributed by atoms with Crippen LogP contribution in [0.2, 0.25) is 0 Å². The predicted octanol–water partition coefficient (Wildman–Crippen LogP) is 1.65. The number of hydrogen-bond donors (Lipinski definition) is 2. The van der Waals surface area contributed by atoms with E-state index in [2.05, 4.69) is 15.3 Å². The molecule has 3 aromatic rings. The Labute approximate surface area is 160 Å². The minimum atomic E-state index is -3.73. The summed E-state index contributed by atoms with van der Waals surface area (Å²) in [5, 5.41) is 8.59. The van der Waals surface area contributed by atoms with Crippen molar-refractivity contribution in [2.24, 2.45) is 5.14 Å². The fourth-order valence-electron chi connectivity index (χ4n) is 2.44. The van der Waals surface area contributed by atoms with E-state index in [0.717, 1.165) is 26.2 Å². The standard InChI is InChI=1S/C17H18N4O4S2/c1-10-11(2)26-17-15(10)16(20-9-21-17)25-8-14(22)19-7-12-3-5-13(6-4-12)27(18,23)24/h3-6,9H,7-8H2,1-2H3,(H,19,22)(H2,18,23,24). The van der Waals surface area contributed by atoms with Crippen LogP contribution in [0.4, 0.5) is 0 Å². The van der Waals surface area contributed by atoms with Gasteiger partial charge in [-0.05, 0) is 37.1 Å². The van der Waals surface area contributed by atoms with E-state index < -0.39 is 10.0 Å². The molecule has 1 amide bonds. The van der Waals surface area contributed by atoms with Gasteiger partial charge in [0.1, 0.15) is 11.2 Å². The maximum atomic E-state index is 12.0. The van der Waals surface area contributed by atoms with E-state index in [-0.39, 0.29) is 24.0 Å². The maximum Gasteiger partial charge on any atom is 0.258 e. The fourth-order valence-corrected chi connectivity index (χ4v) is 3.95. The van der Waals surface area contributed by atoms with Crippen molar-refractivity contribution in [3.63, 3.8) is 0 Å². The minimum Gasteiger partial charge on any atom is -0.467 e. The SMILES string of the molecule is Cc1sc2ncnc(OCC(=O)NCc3ccc(S(N)(=O)=O)cc3)c2c1C. The molecule has 142 valence electrons. The van der Waals surface area contributed by atoms with E-state index >= 15 is 0 Å². The molecular formula is C17H18N4O4S2. The number of aryl methyl sites for hydroxylation is 2.